The minimum Gasteiger partial charge on any atom is -0.462 e. The SMILES string of the molecule is CCOC(=O)c1c(C2CCC2)nc2c(cnn2CC)c1Cl. The van der Waals surface area contributed by atoms with Gasteiger partial charge in [-0.05, 0) is 26.7 Å². The number of hydrogen-bond acceptors (Lipinski definition) is 4. The Hall–Kier alpha value is -1.62. The Morgan fingerprint density at radius 3 is 2.81 bits per heavy atom. The molecule has 3 rings (SSSR count). The van der Waals surface area contributed by atoms with Gasteiger partial charge in [0.2, 0.25) is 0 Å². The van der Waals surface area contributed by atoms with Gasteiger partial charge in [0.05, 0.1) is 28.9 Å². The molecule has 1 fully saturated rings. The number of halogens is 1. The third kappa shape index (κ3) is 2.29. The van der Waals surface area contributed by atoms with Gasteiger partial charge in [-0.3, -0.25) is 0 Å². The normalized spacial score (nSPS) is 15.2. The summed E-state index contributed by atoms with van der Waals surface area (Å²) in [6.45, 7) is 4.83. The van der Waals surface area contributed by atoms with Crippen molar-refractivity contribution in [3.63, 3.8) is 0 Å². The van der Waals surface area contributed by atoms with E-state index in [4.69, 9.17) is 21.3 Å². The third-order valence-corrected chi connectivity index (χ3v) is 4.41. The van der Waals surface area contributed by atoms with Crippen LogP contribution in [-0.4, -0.2) is 27.3 Å². The highest BCUT2D eigenvalue weighted by molar-refractivity contribution is 6.38. The summed E-state index contributed by atoms with van der Waals surface area (Å²) in [5, 5.41) is 5.41. The molecule has 2 heterocycles. The van der Waals surface area contributed by atoms with Crippen LogP contribution in [0.4, 0.5) is 0 Å². The quantitative estimate of drug-likeness (QED) is 0.811. The highest BCUT2D eigenvalue weighted by atomic mass is 35.5. The van der Waals surface area contributed by atoms with Crippen molar-refractivity contribution in [2.75, 3.05) is 6.61 Å². The van der Waals surface area contributed by atoms with Gasteiger partial charge < -0.3 is 4.74 Å². The van der Waals surface area contributed by atoms with Gasteiger partial charge in [-0.1, -0.05) is 18.0 Å². The second-order valence-corrected chi connectivity index (χ2v) is 5.61. The van der Waals surface area contributed by atoms with E-state index in [1.54, 1.807) is 17.8 Å². The maximum atomic E-state index is 12.3. The average molecular weight is 308 g/mol. The number of carbonyl (C=O) groups is 1. The molecule has 21 heavy (non-hydrogen) atoms. The van der Waals surface area contributed by atoms with E-state index >= 15 is 0 Å². The van der Waals surface area contributed by atoms with E-state index in [1.807, 2.05) is 6.92 Å². The van der Waals surface area contributed by atoms with Crippen molar-refractivity contribution in [3.8, 4) is 0 Å². The third-order valence-electron chi connectivity index (χ3n) is 4.02. The molecule has 2 aromatic heterocycles. The Bertz CT molecular complexity index is 692. The van der Waals surface area contributed by atoms with E-state index in [2.05, 4.69) is 5.10 Å². The number of rotatable bonds is 4. The lowest BCUT2D eigenvalue weighted by Gasteiger charge is -2.26. The molecule has 0 spiro atoms. The first-order valence-corrected chi connectivity index (χ1v) is 7.77. The molecule has 0 aliphatic heterocycles. The molecule has 0 radical (unpaired) electrons. The average Bonchev–Trinajstić information content (AvgIpc) is 2.80. The van der Waals surface area contributed by atoms with Crippen LogP contribution >= 0.6 is 11.6 Å². The second kappa shape index (κ2) is 5.64. The summed E-state index contributed by atoms with van der Waals surface area (Å²) < 4.78 is 6.96. The smallest absolute Gasteiger partial charge is 0.341 e. The molecule has 1 saturated carbocycles. The van der Waals surface area contributed by atoms with E-state index in [1.165, 1.54) is 0 Å². The lowest BCUT2D eigenvalue weighted by molar-refractivity contribution is 0.0523. The molecule has 0 unspecified atom stereocenters. The van der Waals surface area contributed by atoms with E-state index in [-0.39, 0.29) is 5.97 Å². The lowest BCUT2D eigenvalue weighted by atomic mass is 9.81. The molecule has 2 aromatic rings. The van der Waals surface area contributed by atoms with Crippen LogP contribution in [0.15, 0.2) is 6.20 Å². The zero-order chi connectivity index (χ0) is 15.0. The molecule has 5 nitrogen and oxygen atoms in total. The van der Waals surface area contributed by atoms with Gasteiger partial charge in [-0.2, -0.15) is 5.10 Å². The summed E-state index contributed by atoms with van der Waals surface area (Å²) in [6.07, 6.45) is 4.92. The van der Waals surface area contributed by atoms with Crippen LogP contribution in [0.3, 0.4) is 0 Å². The lowest BCUT2D eigenvalue weighted by Crippen LogP contribution is -2.18. The standard InChI is InChI=1S/C15H18ClN3O2/c1-3-19-14-10(8-17-19)12(16)11(15(20)21-4-2)13(18-14)9-6-5-7-9/h8-9H,3-7H2,1-2H3. The van der Waals surface area contributed by atoms with Crippen LogP contribution < -0.4 is 0 Å². The summed E-state index contributed by atoms with van der Waals surface area (Å²) in [7, 11) is 0. The Morgan fingerprint density at radius 1 is 1.48 bits per heavy atom. The number of nitrogens with zero attached hydrogens (tertiary/aromatic N) is 3. The minimum atomic E-state index is -0.386. The van der Waals surface area contributed by atoms with Crippen molar-refractivity contribution < 1.29 is 9.53 Å². The molecule has 0 N–H and O–H groups in total. The van der Waals surface area contributed by atoms with Crippen LogP contribution in [0, 0.1) is 0 Å². The summed E-state index contributed by atoms with van der Waals surface area (Å²) in [5.74, 6) is -0.0884. The number of fused-ring (bicyclic) bond motifs is 1. The van der Waals surface area contributed by atoms with Gasteiger partial charge in [0.15, 0.2) is 5.65 Å². The molecule has 0 saturated heterocycles. The van der Waals surface area contributed by atoms with Crippen molar-refractivity contribution in [3.05, 3.63) is 22.5 Å². The fraction of sp³-hybridized carbons (Fsp3) is 0.533. The van der Waals surface area contributed by atoms with Crippen molar-refractivity contribution in [2.24, 2.45) is 0 Å². The zero-order valence-corrected chi connectivity index (χ0v) is 13.0. The van der Waals surface area contributed by atoms with Gasteiger partial charge in [0, 0.05) is 12.5 Å². The largest absolute Gasteiger partial charge is 0.462 e. The molecule has 0 atom stereocenters. The van der Waals surface area contributed by atoms with Gasteiger partial charge in [0.1, 0.15) is 5.56 Å². The van der Waals surface area contributed by atoms with E-state index in [0.717, 1.165) is 37.1 Å². The summed E-state index contributed by atoms with van der Waals surface area (Å²) in [4.78, 5) is 17.0. The molecular formula is C15H18ClN3O2. The number of esters is 1. The monoisotopic (exact) mass is 307 g/mol. The van der Waals surface area contributed by atoms with E-state index < -0.39 is 0 Å². The number of ether oxygens (including phenoxy) is 1. The minimum absolute atomic E-state index is 0.298. The van der Waals surface area contributed by atoms with Crippen molar-refractivity contribution in [1.82, 2.24) is 14.8 Å². The first kappa shape index (κ1) is 14.3. The van der Waals surface area contributed by atoms with Gasteiger partial charge in [-0.15, -0.1) is 0 Å². The Labute approximate surface area is 128 Å². The maximum Gasteiger partial charge on any atom is 0.341 e. The summed E-state index contributed by atoms with van der Waals surface area (Å²) in [5.41, 5.74) is 1.94. The molecule has 1 aliphatic rings. The second-order valence-electron chi connectivity index (χ2n) is 5.23. The molecule has 1 aliphatic carbocycles. The van der Waals surface area contributed by atoms with Crippen LogP contribution in [0.1, 0.15) is 55.1 Å². The van der Waals surface area contributed by atoms with Gasteiger partial charge in [0.25, 0.3) is 0 Å². The summed E-state index contributed by atoms with van der Waals surface area (Å²) in [6, 6.07) is 0. The van der Waals surface area contributed by atoms with Crippen molar-refractivity contribution in [1.29, 1.82) is 0 Å². The first-order chi connectivity index (χ1) is 10.2. The van der Waals surface area contributed by atoms with Crippen molar-refractivity contribution >= 4 is 28.6 Å². The molecular weight excluding hydrogens is 290 g/mol. The van der Waals surface area contributed by atoms with Crippen LogP contribution in [-0.2, 0) is 11.3 Å². The first-order valence-electron chi connectivity index (χ1n) is 7.39. The van der Waals surface area contributed by atoms with E-state index in [0.29, 0.717) is 28.5 Å². The Morgan fingerprint density at radius 2 is 2.24 bits per heavy atom. The predicted molar refractivity (Wildman–Crippen MR) is 80.8 cm³/mol. The van der Waals surface area contributed by atoms with E-state index in [9.17, 15) is 4.79 Å². The fourth-order valence-electron chi connectivity index (χ4n) is 2.67. The van der Waals surface area contributed by atoms with Crippen LogP contribution in [0.2, 0.25) is 5.02 Å². The number of aryl methyl sites for hydroxylation is 1. The van der Waals surface area contributed by atoms with Gasteiger partial charge >= 0.3 is 5.97 Å². The predicted octanol–water partition coefficient (Wildman–Crippen LogP) is 3.55. The number of aromatic nitrogens is 3. The Balaban J connectivity index is 2.22. The highest BCUT2D eigenvalue weighted by Crippen LogP contribution is 2.41. The molecule has 0 bridgehead atoms. The summed E-state index contributed by atoms with van der Waals surface area (Å²) >= 11 is 6.48. The van der Waals surface area contributed by atoms with Crippen molar-refractivity contribution in [2.45, 2.75) is 45.6 Å². The number of carbonyl (C=O) groups excluding carboxylic acids is 1. The topological polar surface area (TPSA) is 57.0 Å². The zero-order valence-electron chi connectivity index (χ0n) is 12.2. The molecule has 0 aromatic carbocycles. The highest BCUT2D eigenvalue weighted by Gasteiger charge is 2.30. The number of pyridine rings is 1. The Kier molecular flexibility index (Phi) is 3.85. The van der Waals surface area contributed by atoms with Crippen LogP contribution in [0.5, 0.6) is 0 Å². The molecule has 6 heteroatoms. The number of hydrogen-bond donors (Lipinski definition) is 0. The van der Waals surface area contributed by atoms with Gasteiger partial charge in [-0.25, -0.2) is 14.5 Å². The maximum absolute atomic E-state index is 12.3. The van der Waals surface area contributed by atoms with Crippen LogP contribution in [0.25, 0.3) is 11.0 Å². The molecule has 0 amide bonds. The molecule has 112 valence electrons. The fourth-order valence-corrected chi connectivity index (χ4v) is 2.98.